The molecule has 1 unspecified atom stereocenters. The zero-order valence-corrected chi connectivity index (χ0v) is 16.2. The molecule has 0 saturated carbocycles. The number of thioether (sulfide) groups is 1. The Hall–Kier alpha value is -1.56. The van der Waals surface area contributed by atoms with Crippen molar-refractivity contribution in [2.24, 2.45) is 0 Å². The third-order valence-corrected chi connectivity index (χ3v) is 5.19. The van der Waals surface area contributed by atoms with Crippen molar-refractivity contribution in [1.82, 2.24) is 0 Å². The van der Waals surface area contributed by atoms with Crippen LogP contribution in [0.15, 0.2) is 60.7 Å². The minimum absolute atomic E-state index is 0.0690. The van der Waals surface area contributed by atoms with Crippen LogP contribution in [0.3, 0.4) is 0 Å². The topological polar surface area (TPSA) is 35.5 Å². The van der Waals surface area contributed by atoms with Gasteiger partial charge in [-0.25, -0.2) is 0 Å². The lowest BCUT2D eigenvalue weighted by molar-refractivity contribution is 0.108. The molecule has 2 rings (SSSR count). The van der Waals surface area contributed by atoms with Gasteiger partial charge in [-0.15, -0.1) is 0 Å². The van der Waals surface area contributed by atoms with E-state index >= 15 is 0 Å². The number of para-hydroxylation sites is 1. The fourth-order valence-electron chi connectivity index (χ4n) is 2.15. The molecule has 3 nitrogen and oxygen atoms in total. The predicted octanol–water partition coefficient (Wildman–Crippen LogP) is 4.86. The SMILES string of the molecule is C[Si](C)(C)OC(COc1ccccc1)CSC(=O)c1ccccc1. The Morgan fingerprint density at radius 2 is 1.58 bits per heavy atom. The second-order valence-corrected chi connectivity index (χ2v) is 11.9. The molecule has 0 aromatic heterocycles. The standard InChI is InChI=1S/C19H24O3SSi/c1-24(2,3)22-18(14-21-17-12-8-5-9-13-17)15-23-19(20)16-10-6-4-7-11-16/h4-13,18H,14-15H2,1-3H3. The molecule has 0 N–H and O–H groups in total. The van der Waals surface area contributed by atoms with Gasteiger partial charge in [0.25, 0.3) is 0 Å². The highest BCUT2D eigenvalue weighted by molar-refractivity contribution is 8.14. The summed E-state index contributed by atoms with van der Waals surface area (Å²) >= 11 is 1.29. The van der Waals surface area contributed by atoms with E-state index < -0.39 is 8.32 Å². The Balaban J connectivity index is 1.92. The van der Waals surface area contributed by atoms with Crippen LogP contribution in [-0.2, 0) is 4.43 Å². The maximum absolute atomic E-state index is 12.3. The van der Waals surface area contributed by atoms with Gasteiger partial charge in [0.1, 0.15) is 12.4 Å². The maximum Gasteiger partial charge on any atom is 0.219 e. The molecule has 0 aliphatic heterocycles. The molecular weight excluding hydrogens is 336 g/mol. The predicted molar refractivity (Wildman–Crippen MR) is 103 cm³/mol. The van der Waals surface area contributed by atoms with Gasteiger partial charge in [-0.05, 0) is 31.8 Å². The summed E-state index contributed by atoms with van der Waals surface area (Å²) in [6.07, 6.45) is -0.102. The zero-order valence-electron chi connectivity index (χ0n) is 14.4. The highest BCUT2D eigenvalue weighted by Crippen LogP contribution is 2.18. The van der Waals surface area contributed by atoms with Gasteiger partial charge in [0, 0.05) is 11.3 Å². The van der Waals surface area contributed by atoms with Crippen molar-refractivity contribution >= 4 is 25.2 Å². The lowest BCUT2D eigenvalue weighted by Crippen LogP contribution is -2.37. The third-order valence-electron chi connectivity index (χ3n) is 3.11. The van der Waals surface area contributed by atoms with Gasteiger partial charge in [0.15, 0.2) is 8.32 Å². The molecule has 0 bridgehead atoms. The first-order valence-corrected chi connectivity index (χ1v) is 12.4. The van der Waals surface area contributed by atoms with Crippen LogP contribution in [0.1, 0.15) is 10.4 Å². The maximum atomic E-state index is 12.3. The Morgan fingerprint density at radius 3 is 2.17 bits per heavy atom. The van der Waals surface area contributed by atoms with Crippen LogP contribution < -0.4 is 4.74 Å². The summed E-state index contributed by atoms with van der Waals surface area (Å²) in [5, 5.41) is 0.0690. The van der Waals surface area contributed by atoms with Gasteiger partial charge in [-0.3, -0.25) is 4.79 Å². The van der Waals surface area contributed by atoms with Gasteiger partial charge < -0.3 is 9.16 Å². The first kappa shape index (κ1) is 18.8. The van der Waals surface area contributed by atoms with Crippen molar-refractivity contribution in [3.05, 3.63) is 66.2 Å². The quantitative estimate of drug-likeness (QED) is 0.630. The Kier molecular flexibility index (Phi) is 7.09. The summed E-state index contributed by atoms with van der Waals surface area (Å²) in [6.45, 7) is 6.88. The van der Waals surface area contributed by atoms with E-state index in [1.807, 2.05) is 60.7 Å². The average Bonchev–Trinajstić information content (AvgIpc) is 2.57. The van der Waals surface area contributed by atoms with Crippen molar-refractivity contribution in [3.8, 4) is 5.75 Å². The molecule has 0 aliphatic rings. The summed E-state index contributed by atoms with van der Waals surface area (Å²) in [5.74, 6) is 1.41. The van der Waals surface area contributed by atoms with Gasteiger partial charge in [-0.1, -0.05) is 60.3 Å². The minimum atomic E-state index is -1.71. The van der Waals surface area contributed by atoms with Crippen LogP contribution in [0.25, 0.3) is 0 Å². The fraction of sp³-hybridized carbons (Fsp3) is 0.316. The first-order chi connectivity index (χ1) is 11.4. The first-order valence-electron chi connectivity index (χ1n) is 8.02. The third kappa shape index (κ3) is 6.91. The molecule has 0 aliphatic carbocycles. The number of rotatable bonds is 8. The fourth-order valence-corrected chi connectivity index (χ4v) is 4.22. The normalized spacial score (nSPS) is 12.6. The molecule has 5 heteroatoms. The molecular formula is C19H24O3SSi. The van der Waals surface area contributed by atoms with Crippen LogP contribution >= 0.6 is 11.8 Å². The highest BCUT2D eigenvalue weighted by atomic mass is 32.2. The van der Waals surface area contributed by atoms with Gasteiger partial charge in [-0.2, -0.15) is 0 Å². The second-order valence-electron chi connectivity index (χ2n) is 6.44. The molecule has 0 amide bonds. The van der Waals surface area contributed by atoms with Crippen molar-refractivity contribution in [3.63, 3.8) is 0 Å². The van der Waals surface area contributed by atoms with Crippen molar-refractivity contribution in [2.45, 2.75) is 25.7 Å². The smallest absolute Gasteiger partial charge is 0.219 e. The lowest BCUT2D eigenvalue weighted by Gasteiger charge is -2.26. The van der Waals surface area contributed by atoms with E-state index in [1.54, 1.807) is 0 Å². The summed E-state index contributed by atoms with van der Waals surface area (Å²) in [5.41, 5.74) is 0.721. The molecule has 2 aromatic rings. The summed E-state index contributed by atoms with van der Waals surface area (Å²) < 4.78 is 12.0. The molecule has 0 spiro atoms. The molecule has 0 radical (unpaired) electrons. The van der Waals surface area contributed by atoms with Gasteiger partial charge in [0.2, 0.25) is 5.12 Å². The van der Waals surface area contributed by atoms with E-state index in [2.05, 4.69) is 19.6 Å². The van der Waals surface area contributed by atoms with Crippen LogP contribution in [0.5, 0.6) is 5.75 Å². The second kappa shape index (κ2) is 9.06. The molecule has 0 fully saturated rings. The molecule has 128 valence electrons. The number of hydrogen-bond acceptors (Lipinski definition) is 4. The number of ether oxygens (including phenoxy) is 1. The summed E-state index contributed by atoms with van der Waals surface area (Å²) in [4.78, 5) is 12.3. The molecule has 1 atom stereocenters. The number of carbonyl (C=O) groups is 1. The van der Waals surface area contributed by atoms with E-state index in [0.717, 1.165) is 11.3 Å². The van der Waals surface area contributed by atoms with E-state index in [0.29, 0.717) is 12.4 Å². The average molecular weight is 361 g/mol. The van der Waals surface area contributed by atoms with Gasteiger partial charge in [0.05, 0.1) is 6.10 Å². The van der Waals surface area contributed by atoms with E-state index in [-0.39, 0.29) is 11.2 Å². The molecule has 24 heavy (non-hydrogen) atoms. The van der Waals surface area contributed by atoms with Crippen molar-refractivity contribution in [2.75, 3.05) is 12.4 Å². The lowest BCUT2D eigenvalue weighted by atomic mass is 10.2. The molecule has 2 aromatic carbocycles. The van der Waals surface area contributed by atoms with Crippen LogP contribution in [0, 0.1) is 0 Å². The largest absolute Gasteiger partial charge is 0.491 e. The monoisotopic (exact) mass is 360 g/mol. The van der Waals surface area contributed by atoms with Crippen molar-refractivity contribution < 1.29 is 14.0 Å². The summed E-state index contributed by atoms with van der Waals surface area (Å²) in [6, 6.07) is 19.0. The molecule has 0 heterocycles. The number of hydrogen-bond donors (Lipinski definition) is 0. The number of benzene rings is 2. The zero-order chi connectivity index (χ0) is 17.4. The van der Waals surface area contributed by atoms with Crippen LogP contribution in [0.2, 0.25) is 19.6 Å². The van der Waals surface area contributed by atoms with E-state index in [1.165, 1.54) is 11.8 Å². The Bertz CT molecular complexity index is 626. The van der Waals surface area contributed by atoms with E-state index in [9.17, 15) is 4.79 Å². The van der Waals surface area contributed by atoms with E-state index in [4.69, 9.17) is 9.16 Å². The minimum Gasteiger partial charge on any atom is -0.491 e. The summed E-state index contributed by atoms with van der Waals surface area (Å²) in [7, 11) is -1.71. The number of carbonyl (C=O) groups excluding carboxylic acids is 1. The molecule has 0 saturated heterocycles. The van der Waals surface area contributed by atoms with Crippen LogP contribution in [-0.4, -0.2) is 31.9 Å². The highest BCUT2D eigenvalue weighted by Gasteiger charge is 2.23. The van der Waals surface area contributed by atoms with Gasteiger partial charge >= 0.3 is 0 Å². The van der Waals surface area contributed by atoms with Crippen LogP contribution in [0.4, 0.5) is 0 Å². The Morgan fingerprint density at radius 1 is 1.00 bits per heavy atom. The van der Waals surface area contributed by atoms with Crippen molar-refractivity contribution in [1.29, 1.82) is 0 Å². The Labute approximate surface area is 149 Å².